The molecule has 0 radical (unpaired) electrons. The van der Waals surface area contributed by atoms with E-state index in [1.165, 1.54) is 25.3 Å². The molecular weight excluding hydrogens is 250 g/mol. The number of carboxylic acid groups (broad SMARTS) is 1. The van der Waals surface area contributed by atoms with Gasteiger partial charge in [-0.1, -0.05) is 0 Å². The number of benzene rings is 1. The lowest BCUT2D eigenvalue weighted by molar-refractivity contribution is -0.119. The van der Waals surface area contributed by atoms with Crippen molar-refractivity contribution >= 4 is 23.3 Å². The van der Waals surface area contributed by atoms with Gasteiger partial charge in [-0.25, -0.2) is 4.79 Å². The number of nitrogens with two attached hydrogens (primary N) is 1. The van der Waals surface area contributed by atoms with Crippen LogP contribution in [-0.4, -0.2) is 43.8 Å². The molecule has 0 aromatic heterocycles. The van der Waals surface area contributed by atoms with Crippen LogP contribution < -0.4 is 16.4 Å². The molecule has 0 aliphatic heterocycles. The first-order chi connectivity index (χ1) is 9.04. The molecule has 0 aliphatic carbocycles. The van der Waals surface area contributed by atoms with Crippen molar-refractivity contribution in [2.24, 2.45) is 0 Å². The molecule has 0 atom stereocenters. The third-order valence-electron chi connectivity index (χ3n) is 2.34. The van der Waals surface area contributed by atoms with Crippen molar-refractivity contribution in [1.82, 2.24) is 5.32 Å². The number of carboxylic acids is 1. The van der Waals surface area contributed by atoms with Gasteiger partial charge in [0, 0.05) is 19.3 Å². The second-order valence-corrected chi connectivity index (χ2v) is 3.81. The van der Waals surface area contributed by atoms with Crippen molar-refractivity contribution in [3.63, 3.8) is 0 Å². The number of methoxy groups -OCH3 is 1. The van der Waals surface area contributed by atoms with Crippen molar-refractivity contribution in [2.45, 2.75) is 0 Å². The Labute approximate surface area is 110 Å². The maximum absolute atomic E-state index is 11.4. The second kappa shape index (κ2) is 7.22. The van der Waals surface area contributed by atoms with E-state index in [1.54, 1.807) is 0 Å². The van der Waals surface area contributed by atoms with Crippen LogP contribution in [0.5, 0.6) is 0 Å². The van der Waals surface area contributed by atoms with Gasteiger partial charge in [0.2, 0.25) is 5.91 Å². The topological polar surface area (TPSA) is 114 Å². The second-order valence-electron chi connectivity index (χ2n) is 3.81. The molecule has 0 aliphatic rings. The van der Waals surface area contributed by atoms with Crippen LogP contribution in [-0.2, 0) is 9.53 Å². The predicted molar refractivity (Wildman–Crippen MR) is 71.2 cm³/mol. The fourth-order valence-electron chi connectivity index (χ4n) is 1.43. The molecule has 1 rings (SSSR count). The van der Waals surface area contributed by atoms with E-state index in [9.17, 15) is 9.59 Å². The summed E-state index contributed by atoms with van der Waals surface area (Å²) in [4.78, 5) is 22.4. The van der Waals surface area contributed by atoms with Crippen LogP contribution in [0.15, 0.2) is 18.2 Å². The zero-order valence-electron chi connectivity index (χ0n) is 10.6. The average Bonchev–Trinajstić information content (AvgIpc) is 2.36. The van der Waals surface area contributed by atoms with Crippen LogP contribution in [0.2, 0.25) is 0 Å². The third-order valence-corrected chi connectivity index (χ3v) is 2.34. The lowest BCUT2D eigenvalue weighted by Crippen LogP contribution is -2.32. The molecule has 0 unspecified atom stereocenters. The number of aromatic carboxylic acids is 1. The molecular formula is C12H17N3O4. The summed E-state index contributed by atoms with van der Waals surface area (Å²) in [5, 5.41) is 14.4. The minimum Gasteiger partial charge on any atom is -0.478 e. The first-order valence-corrected chi connectivity index (χ1v) is 5.67. The first-order valence-electron chi connectivity index (χ1n) is 5.67. The highest BCUT2D eigenvalue weighted by molar-refractivity contribution is 5.95. The van der Waals surface area contributed by atoms with Gasteiger partial charge in [0.1, 0.15) is 0 Å². The maximum atomic E-state index is 11.4. The summed E-state index contributed by atoms with van der Waals surface area (Å²) in [7, 11) is 1.54. The van der Waals surface area contributed by atoms with Crippen LogP contribution in [0.4, 0.5) is 11.4 Å². The Morgan fingerprint density at radius 1 is 1.42 bits per heavy atom. The number of nitrogens with one attached hydrogen (secondary N) is 2. The average molecular weight is 267 g/mol. The third kappa shape index (κ3) is 4.84. The minimum atomic E-state index is -1.08. The Kier molecular flexibility index (Phi) is 5.62. The summed E-state index contributed by atoms with van der Waals surface area (Å²) in [5.41, 5.74) is 6.39. The number of carbonyl (C=O) groups is 2. The monoisotopic (exact) mass is 267 g/mol. The molecule has 0 saturated carbocycles. The number of nitrogen functional groups attached to an aromatic ring is 1. The largest absolute Gasteiger partial charge is 0.478 e. The van der Waals surface area contributed by atoms with Gasteiger partial charge in [-0.2, -0.15) is 0 Å². The van der Waals surface area contributed by atoms with Crippen LogP contribution in [0.25, 0.3) is 0 Å². The van der Waals surface area contributed by atoms with Gasteiger partial charge < -0.3 is 26.2 Å². The number of ether oxygens (including phenoxy) is 1. The van der Waals surface area contributed by atoms with Gasteiger partial charge >= 0.3 is 5.97 Å². The molecule has 7 heteroatoms. The van der Waals surface area contributed by atoms with Gasteiger partial charge in [0.15, 0.2) is 0 Å². The molecule has 0 fully saturated rings. The summed E-state index contributed by atoms with van der Waals surface area (Å²) < 4.78 is 4.79. The minimum absolute atomic E-state index is 0.0343. The van der Waals surface area contributed by atoms with Crippen molar-refractivity contribution < 1.29 is 19.4 Å². The number of hydrogen-bond acceptors (Lipinski definition) is 5. The molecule has 0 saturated heterocycles. The molecule has 1 amide bonds. The normalized spacial score (nSPS) is 9.95. The van der Waals surface area contributed by atoms with Crippen molar-refractivity contribution in [2.75, 3.05) is 37.9 Å². The number of hydrogen-bond donors (Lipinski definition) is 4. The van der Waals surface area contributed by atoms with E-state index in [0.29, 0.717) is 24.5 Å². The van der Waals surface area contributed by atoms with Crippen molar-refractivity contribution in [1.29, 1.82) is 0 Å². The molecule has 104 valence electrons. The number of carbonyl (C=O) groups excluding carboxylic acids is 1. The Morgan fingerprint density at radius 2 is 2.16 bits per heavy atom. The maximum Gasteiger partial charge on any atom is 0.337 e. The summed E-state index contributed by atoms with van der Waals surface area (Å²) in [6, 6.07) is 4.36. The van der Waals surface area contributed by atoms with Gasteiger partial charge in [-0.15, -0.1) is 0 Å². The van der Waals surface area contributed by atoms with E-state index in [1.807, 2.05) is 0 Å². The molecule has 1 aromatic carbocycles. The lowest BCUT2D eigenvalue weighted by atomic mass is 10.1. The Balaban J connectivity index is 2.59. The Bertz CT molecular complexity index is 462. The van der Waals surface area contributed by atoms with E-state index < -0.39 is 5.97 Å². The lowest BCUT2D eigenvalue weighted by Gasteiger charge is -2.10. The van der Waals surface area contributed by atoms with Crippen LogP contribution in [0, 0.1) is 0 Å². The van der Waals surface area contributed by atoms with E-state index in [4.69, 9.17) is 15.6 Å². The molecule has 0 spiro atoms. The number of anilines is 2. The summed E-state index contributed by atoms with van der Waals surface area (Å²) in [6.45, 7) is 0.789. The zero-order valence-corrected chi connectivity index (χ0v) is 10.6. The quantitative estimate of drug-likeness (QED) is 0.413. The SMILES string of the molecule is COCCNC(=O)CNc1cc(N)ccc1C(=O)O. The van der Waals surface area contributed by atoms with Gasteiger partial charge in [0.25, 0.3) is 0 Å². The highest BCUT2D eigenvalue weighted by atomic mass is 16.5. The summed E-state index contributed by atoms with van der Waals surface area (Å²) in [5.74, 6) is -1.34. The van der Waals surface area contributed by atoms with E-state index in [2.05, 4.69) is 10.6 Å². The van der Waals surface area contributed by atoms with E-state index in [0.717, 1.165) is 0 Å². The highest BCUT2D eigenvalue weighted by Crippen LogP contribution is 2.18. The van der Waals surface area contributed by atoms with Crippen LogP contribution in [0.3, 0.4) is 0 Å². The van der Waals surface area contributed by atoms with Gasteiger partial charge in [0.05, 0.1) is 24.4 Å². The summed E-state index contributed by atoms with van der Waals surface area (Å²) in [6.07, 6.45) is 0. The smallest absolute Gasteiger partial charge is 0.337 e. The molecule has 0 heterocycles. The highest BCUT2D eigenvalue weighted by Gasteiger charge is 2.11. The molecule has 0 bridgehead atoms. The molecule has 5 N–H and O–H groups in total. The van der Waals surface area contributed by atoms with E-state index >= 15 is 0 Å². The Hall–Kier alpha value is -2.28. The van der Waals surface area contributed by atoms with Gasteiger partial charge in [-0.05, 0) is 18.2 Å². The van der Waals surface area contributed by atoms with E-state index in [-0.39, 0.29) is 18.0 Å². The molecule has 1 aromatic rings. The van der Waals surface area contributed by atoms with Crippen LogP contribution in [0.1, 0.15) is 10.4 Å². The fourth-order valence-corrected chi connectivity index (χ4v) is 1.43. The predicted octanol–water partition coefficient (Wildman–Crippen LogP) is 0.142. The first kappa shape index (κ1) is 14.8. The molecule has 19 heavy (non-hydrogen) atoms. The Morgan fingerprint density at radius 3 is 2.79 bits per heavy atom. The summed E-state index contributed by atoms with van der Waals surface area (Å²) >= 11 is 0. The number of amides is 1. The van der Waals surface area contributed by atoms with Gasteiger partial charge in [-0.3, -0.25) is 4.79 Å². The molecule has 7 nitrogen and oxygen atoms in total. The van der Waals surface area contributed by atoms with Crippen LogP contribution >= 0.6 is 0 Å². The zero-order chi connectivity index (χ0) is 14.3. The van der Waals surface area contributed by atoms with Crippen molar-refractivity contribution in [3.05, 3.63) is 23.8 Å². The fraction of sp³-hybridized carbons (Fsp3) is 0.333. The standard InChI is InChI=1S/C12H17N3O4/c1-19-5-4-14-11(16)7-15-10-6-8(13)2-3-9(10)12(17)18/h2-3,6,15H,4-5,7,13H2,1H3,(H,14,16)(H,17,18). The number of rotatable bonds is 7. The van der Waals surface area contributed by atoms with Crippen molar-refractivity contribution in [3.8, 4) is 0 Å².